The summed E-state index contributed by atoms with van der Waals surface area (Å²) in [5.41, 5.74) is 7.68. The number of aromatic amines is 1. The molecule has 0 bridgehead atoms. The van der Waals surface area contributed by atoms with Crippen molar-refractivity contribution in [3.05, 3.63) is 30.0 Å². The van der Waals surface area contributed by atoms with E-state index in [1.807, 2.05) is 6.07 Å². The smallest absolute Gasteiger partial charge is 0.116 e. The van der Waals surface area contributed by atoms with Crippen molar-refractivity contribution in [2.24, 2.45) is 5.73 Å². The van der Waals surface area contributed by atoms with Crippen LogP contribution < -0.4 is 5.73 Å². The van der Waals surface area contributed by atoms with Crippen LogP contribution >= 0.6 is 0 Å². The van der Waals surface area contributed by atoms with Gasteiger partial charge in [-0.1, -0.05) is 0 Å². The zero-order chi connectivity index (χ0) is 9.97. The van der Waals surface area contributed by atoms with Crippen LogP contribution in [0.2, 0.25) is 0 Å². The van der Waals surface area contributed by atoms with Crippen LogP contribution in [0.5, 0.6) is 5.75 Å². The number of nitrogens with one attached hydrogen (secondary N) is 1. The minimum atomic E-state index is 0.307. The van der Waals surface area contributed by atoms with Crippen LogP contribution in [0.1, 0.15) is 12.1 Å². The molecule has 3 nitrogen and oxygen atoms in total. The fraction of sp³-hybridized carbons (Fsp3) is 0.273. The fourth-order valence-electron chi connectivity index (χ4n) is 1.61. The quantitative estimate of drug-likeness (QED) is 0.690. The number of rotatable bonds is 3. The van der Waals surface area contributed by atoms with Gasteiger partial charge in [0.2, 0.25) is 0 Å². The first-order chi connectivity index (χ1) is 6.79. The largest absolute Gasteiger partial charge is 0.508 e. The van der Waals surface area contributed by atoms with Crippen molar-refractivity contribution >= 4 is 10.9 Å². The van der Waals surface area contributed by atoms with Gasteiger partial charge in [-0.25, -0.2) is 0 Å². The predicted octanol–water partition coefficient (Wildman–Crippen LogP) is 1.76. The summed E-state index contributed by atoms with van der Waals surface area (Å²) in [7, 11) is 0. The Hall–Kier alpha value is -1.48. The van der Waals surface area contributed by atoms with Gasteiger partial charge in [0.15, 0.2) is 0 Å². The average Bonchev–Trinajstić information content (AvgIpc) is 2.56. The first kappa shape index (κ1) is 9.09. The first-order valence-corrected chi connectivity index (χ1v) is 4.80. The molecule has 3 heteroatoms. The Labute approximate surface area is 82.6 Å². The number of benzene rings is 1. The van der Waals surface area contributed by atoms with E-state index >= 15 is 0 Å². The van der Waals surface area contributed by atoms with E-state index in [2.05, 4.69) is 11.1 Å². The third-order valence-corrected chi connectivity index (χ3v) is 2.31. The number of aryl methyl sites for hydroxylation is 1. The molecule has 1 heterocycles. The highest BCUT2D eigenvalue weighted by atomic mass is 16.3. The van der Waals surface area contributed by atoms with Crippen LogP contribution in [-0.4, -0.2) is 16.6 Å². The average molecular weight is 190 g/mol. The first-order valence-electron chi connectivity index (χ1n) is 4.80. The lowest BCUT2D eigenvalue weighted by molar-refractivity contribution is 0.476. The molecule has 14 heavy (non-hydrogen) atoms. The van der Waals surface area contributed by atoms with Crippen LogP contribution in [-0.2, 0) is 6.42 Å². The van der Waals surface area contributed by atoms with E-state index in [0.29, 0.717) is 12.3 Å². The summed E-state index contributed by atoms with van der Waals surface area (Å²) in [6, 6.07) is 7.39. The molecule has 2 rings (SSSR count). The molecule has 0 fully saturated rings. The van der Waals surface area contributed by atoms with Gasteiger partial charge in [0, 0.05) is 16.6 Å². The number of hydrogen-bond acceptors (Lipinski definition) is 2. The Morgan fingerprint density at radius 1 is 1.29 bits per heavy atom. The number of fused-ring (bicyclic) bond motifs is 1. The Morgan fingerprint density at radius 3 is 2.93 bits per heavy atom. The Bertz CT molecular complexity index is 434. The van der Waals surface area contributed by atoms with Crippen molar-refractivity contribution < 1.29 is 5.11 Å². The predicted molar refractivity (Wildman–Crippen MR) is 57.3 cm³/mol. The molecule has 1 aromatic carbocycles. The molecule has 4 N–H and O–H groups in total. The molecule has 0 amide bonds. The second-order valence-electron chi connectivity index (χ2n) is 3.46. The van der Waals surface area contributed by atoms with Gasteiger partial charge >= 0.3 is 0 Å². The maximum absolute atomic E-state index is 9.28. The van der Waals surface area contributed by atoms with Gasteiger partial charge in [-0.2, -0.15) is 0 Å². The lowest BCUT2D eigenvalue weighted by Crippen LogP contribution is -2.00. The lowest BCUT2D eigenvalue weighted by atomic mass is 10.2. The topological polar surface area (TPSA) is 62.0 Å². The standard InChI is InChI=1S/C11H14N2O/c12-5-1-2-9-6-8-7-10(14)3-4-11(8)13-9/h3-4,6-7,13-14H,1-2,5,12H2. The second kappa shape index (κ2) is 3.72. The molecule has 0 unspecified atom stereocenters. The minimum Gasteiger partial charge on any atom is -0.508 e. The van der Waals surface area contributed by atoms with Gasteiger partial charge in [0.05, 0.1) is 0 Å². The number of aromatic nitrogens is 1. The maximum Gasteiger partial charge on any atom is 0.116 e. The summed E-state index contributed by atoms with van der Waals surface area (Å²) in [5, 5.41) is 10.3. The molecule has 0 aliphatic carbocycles. The number of hydrogen-bond donors (Lipinski definition) is 3. The highest BCUT2D eigenvalue weighted by Crippen LogP contribution is 2.20. The minimum absolute atomic E-state index is 0.307. The monoisotopic (exact) mass is 190 g/mol. The number of H-pyrrole nitrogens is 1. The molecule has 0 atom stereocenters. The van der Waals surface area contributed by atoms with Gasteiger partial charge < -0.3 is 15.8 Å². The Kier molecular flexibility index (Phi) is 2.41. The van der Waals surface area contributed by atoms with Crippen LogP contribution in [0.4, 0.5) is 0 Å². The van der Waals surface area contributed by atoms with Gasteiger partial charge in [-0.15, -0.1) is 0 Å². The summed E-state index contributed by atoms with van der Waals surface area (Å²) < 4.78 is 0. The zero-order valence-corrected chi connectivity index (χ0v) is 7.96. The number of phenolic OH excluding ortho intramolecular Hbond substituents is 1. The fourth-order valence-corrected chi connectivity index (χ4v) is 1.61. The van der Waals surface area contributed by atoms with Crippen molar-refractivity contribution in [2.75, 3.05) is 6.54 Å². The van der Waals surface area contributed by atoms with Gasteiger partial charge in [0.25, 0.3) is 0 Å². The van der Waals surface area contributed by atoms with Gasteiger partial charge in [-0.3, -0.25) is 0 Å². The van der Waals surface area contributed by atoms with E-state index in [9.17, 15) is 5.11 Å². The summed E-state index contributed by atoms with van der Waals surface area (Å²) in [4.78, 5) is 3.29. The van der Waals surface area contributed by atoms with Crippen LogP contribution in [0.15, 0.2) is 24.3 Å². The molecule has 74 valence electrons. The highest BCUT2D eigenvalue weighted by molar-refractivity contribution is 5.81. The number of nitrogens with two attached hydrogens (primary N) is 1. The third kappa shape index (κ3) is 1.72. The Balaban J connectivity index is 2.32. The molecule has 0 radical (unpaired) electrons. The van der Waals surface area contributed by atoms with Crippen molar-refractivity contribution in [2.45, 2.75) is 12.8 Å². The molecule has 2 aromatic rings. The van der Waals surface area contributed by atoms with Gasteiger partial charge in [0.1, 0.15) is 5.75 Å². The molecule has 0 aliphatic rings. The van der Waals surface area contributed by atoms with E-state index in [0.717, 1.165) is 23.7 Å². The zero-order valence-electron chi connectivity index (χ0n) is 7.96. The second-order valence-corrected chi connectivity index (χ2v) is 3.46. The molecular weight excluding hydrogens is 176 g/mol. The lowest BCUT2D eigenvalue weighted by Gasteiger charge is -1.92. The summed E-state index contributed by atoms with van der Waals surface area (Å²) >= 11 is 0. The normalized spacial score (nSPS) is 10.9. The number of phenols is 1. The molecule has 0 spiro atoms. The van der Waals surface area contributed by atoms with E-state index in [1.165, 1.54) is 5.69 Å². The van der Waals surface area contributed by atoms with E-state index in [4.69, 9.17) is 5.73 Å². The molecule has 0 aliphatic heterocycles. The van der Waals surface area contributed by atoms with Crippen LogP contribution in [0.3, 0.4) is 0 Å². The SMILES string of the molecule is NCCCc1cc2cc(O)ccc2[nH]1. The van der Waals surface area contributed by atoms with E-state index < -0.39 is 0 Å². The molecule has 0 saturated heterocycles. The number of aromatic hydroxyl groups is 1. The Morgan fingerprint density at radius 2 is 2.14 bits per heavy atom. The van der Waals surface area contributed by atoms with Crippen molar-refractivity contribution in [3.8, 4) is 5.75 Å². The molecule has 0 saturated carbocycles. The van der Waals surface area contributed by atoms with Gasteiger partial charge in [-0.05, 0) is 43.7 Å². The van der Waals surface area contributed by atoms with Crippen molar-refractivity contribution in [3.63, 3.8) is 0 Å². The van der Waals surface area contributed by atoms with Crippen LogP contribution in [0.25, 0.3) is 10.9 Å². The summed E-state index contributed by atoms with van der Waals surface area (Å²) in [5.74, 6) is 0.307. The van der Waals surface area contributed by atoms with Crippen molar-refractivity contribution in [1.29, 1.82) is 0 Å². The summed E-state index contributed by atoms with van der Waals surface area (Å²) in [6.07, 6.45) is 1.95. The maximum atomic E-state index is 9.28. The highest BCUT2D eigenvalue weighted by Gasteiger charge is 2.00. The third-order valence-electron chi connectivity index (χ3n) is 2.31. The molecule has 1 aromatic heterocycles. The molecular formula is C11H14N2O. The van der Waals surface area contributed by atoms with Crippen molar-refractivity contribution in [1.82, 2.24) is 4.98 Å². The van der Waals surface area contributed by atoms with E-state index in [-0.39, 0.29) is 0 Å². The summed E-state index contributed by atoms with van der Waals surface area (Å²) in [6.45, 7) is 0.709. The van der Waals surface area contributed by atoms with E-state index in [1.54, 1.807) is 12.1 Å². The van der Waals surface area contributed by atoms with Crippen LogP contribution in [0, 0.1) is 0 Å².